The van der Waals surface area contributed by atoms with Crippen LogP contribution in [0.1, 0.15) is 11.3 Å². The van der Waals surface area contributed by atoms with Crippen molar-refractivity contribution in [3.8, 4) is 17.3 Å². The highest BCUT2D eigenvalue weighted by molar-refractivity contribution is 5.64. The Morgan fingerprint density at radius 3 is 2.65 bits per heavy atom. The van der Waals surface area contributed by atoms with Gasteiger partial charge in [0, 0.05) is 17.9 Å². The minimum absolute atomic E-state index is 0.720. The van der Waals surface area contributed by atoms with Gasteiger partial charge in [-0.1, -0.05) is 36.4 Å². The van der Waals surface area contributed by atoms with Crippen LogP contribution in [0.25, 0.3) is 11.3 Å². The second kappa shape index (κ2) is 4.71. The molecule has 1 aromatic carbocycles. The molecule has 0 spiro atoms. The molecular formula is C15H14N2. The lowest BCUT2D eigenvalue weighted by molar-refractivity contribution is 0.805. The lowest BCUT2D eigenvalue weighted by Gasteiger charge is -2.08. The summed E-state index contributed by atoms with van der Waals surface area (Å²) in [6.45, 7) is 6.45. The lowest BCUT2D eigenvalue weighted by Crippen LogP contribution is -2.00. The van der Waals surface area contributed by atoms with Crippen molar-refractivity contribution in [3.05, 3.63) is 60.3 Å². The van der Waals surface area contributed by atoms with Crippen molar-refractivity contribution >= 4 is 0 Å². The Bertz CT molecular complexity index is 571. The molecule has 0 radical (unpaired) electrons. The SMILES string of the molecule is C=CCn1c(-c2ccccc2)cc(C#N)c1C. The molecular weight excluding hydrogens is 208 g/mol. The molecule has 0 atom stereocenters. The van der Waals surface area contributed by atoms with Crippen LogP contribution in [0.3, 0.4) is 0 Å². The van der Waals surface area contributed by atoms with E-state index in [1.807, 2.05) is 37.3 Å². The average Bonchev–Trinajstić information content (AvgIpc) is 2.69. The van der Waals surface area contributed by atoms with E-state index in [4.69, 9.17) is 5.26 Å². The van der Waals surface area contributed by atoms with Gasteiger partial charge in [0.05, 0.1) is 5.56 Å². The summed E-state index contributed by atoms with van der Waals surface area (Å²) in [5.74, 6) is 0. The average molecular weight is 222 g/mol. The Kier molecular flexibility index (Phi) is 3.11. The maximum atomic E-state index is 9.08. The molecule has 1 aromatic heterocycles. The Labute approximate surface area is 101 Å². The van der Waals surface area contributed by atoms with Crippen LogP contribution < -0.4 is 0 Å². The summed E-state index contributed by atoms with van der Waals surface area (Å²) in [5.41, 5.74) is 3.91. The second-order valence-electron chi connectivity index (χ2n) is 3.91. The van der Waals surface area contributed by atoms with Crippen LogP contribution in [0.2, 0.25) is 0 Å². The van der Waals surface area contributed by atoms with Crippen molar-refractivity contribution in [3.63, 3.8) is 0 Å². The van der Waals surface area contributed by atoms with E-state index in [1.165, 1.54) is 0 Å². The minimum atomic E-state index is 0.720. The third-order valence-corrected chi connectivity index (χ3v) is 2.87. The molecule has 0 bridgehead atoms. The van der Waals surface area contributed by atoms with Crippen LogP contribution >= 0.6 is 0 Å². The van der Waals surface area contributed by atoms with Gasteiger partial charge in [-0.15, -0.1) is 6.58 Å². The topological polar surface area (TPSA) is 28.7 Å². The number of hydrogen-bond acceptors (Lipinski definition) is 1. The van der Waals surface area contributed by atoms with E-state index >= 15 is 0 Å². The number of benzene rings is 1. The number of nitriles is 1. The van der Waals surface area contributed by atoms with E-state index < -0.39 is 0 Å². The Morgan fingerprint density at radius 1 is 1.35 bits per heavy atom. The van der Waals surface area contributed by atoms with Gasteiger partial charge >= 0.3 is 0 Å². The summed E-state index contributed by atoms with van der Waals surface area (Å²) < 4.78 is 2.11. The van der Waals surface area contributed by atoms with Gasteiger partial charge in [0.2, 0.25) is 0 Å². The maximum absolute atomic E-state index is 9.08. The Balaban J connectivity index is 2.61. The van der Waals surface area contributed by atoms with E-state index in [2.05, 4.69) is 29.3 Å². The highest BCUT2D eigenvalue weighted by Gasteiger charge is 2.11. The third kappa shape index (κ3) is 2.00. The highest BCUT2D eigenvalue weighted by Crippen LogP contribution is 2.25. The molecule has 0 N–H and O–H groups in total. The molecule has 0 aliphatic heterocycles. The van der Waals surface area contributed by atoms with E-state index in [0.717, 1.165) is 29.1 Å². The second-order valence-corrected chi connectivity index (χ2v) is 3.91. The van der Waals surface area contributed by atoms with Gasteiger partial charge in [0.1, 0.15) is 6.07 Å². The van der Waals surface area contributed by atoms with Gasteiger partial charge < -0.3 is 4.57 Å². The predicted molar refractivity (Wildman–Crippen MR) is 69.5 cm³/mol. The highest BCUT2D eigenvalue weighted by atomic mass is 15.0. The first kappa shape index (κ1) is 11.2. The fourth-order valence-electron chi connectivity index (χ4n) is 1.97. The van der Waals surface area contributed by atoms with Gasteiger partial charge in [0.25, 0.3) is 0 Å². The number of nitrogens with zero attached hydrogens (tertiary/aromatic N) is 2. The first-order valence-corrected chi connectivity index (χ1v) is 5.54. The molecule has 0 amide bonds. The van der Waals surface area contributed by atoms with Crippen LogP contribution in [0.5, 0.6) is 0 Å². The summed E-state index contributed by atoms with van der Waals surface area (Å²) in [6, 6.07) is 14.3. The molecule has 0 aliphatic carbocycles. The molecule has 0 saturated heterocycles. The van der Waals surface area contributed by atoms with Crippen LogP contribution in [-0.2, 0) is 6.54 Å². The molecule has 2 rings (SSSR count). The first-order valence-electron chi connectivity index (χ1n) is 5.54. The normalized spacial score (nSPS) is 9.88. The zero-order chi connectivity index (χ0) is 12.3. The van der Waals surface area contributed by atoms with Crippen molar-refractivity contribution in [2.24, 2.45) is 0 Å². The third-order valence-electron chi connectivity index (χ3n) is 2.87. The van der Waals surface area contributed by atoms with Crippen molar-refractivity contribution in [1.82, 2.24) is 4.57 Å². The number of rotatable bonds is 3. The van der Waals surface area contributed by atoms with Crippen molar-refractivity contribution < 1.29 is 0 Å². The monoisotopic (exact) mass is 222 g/mol. The molecule has 2 heteroatoms. The molecule has 84 valence electrons. The fraction of sp³-hybridized carbons (Fsp3) is 0.133. The van der Waals surface area contributed by atoms with Crippen molar-refractivity contribution in [1.29, 1.82) is 5.26 Å². The molecule has 0 saturated carbocycles. The van der Waals surface area contributed by atoms with Crippen molar-refractivity contribution in [2.45, 2.75) is 13.5 Å². The molecule has 0 fully saturated rings. The summed E-state index contributed by atoms with van der Waals surface area (Å²) in [6.07, 6.45) is 1.85. The number of aromatic nitrogens is 1. The Hall–Kier alpha value is -2.27. The lowest BCUT2D eigenvalue weighted by atomic mass is 10.1. The quantitative estimate of drug-likeness (QED) is 0.730. The fourth-order valence-corrected chi connectivity index (χ4v) is 1.97. The Morgan fingerprint density at radius 2 is 2.06 bits per heavy atom. The van der Waals surface area contributed by atoms with Crippen LogP contribution in [0.15, 0.2) is 49.1 Å². The zero-order valence-electron chi connectivity index (χ0n) is 9.85. The molecule has 2 nitrogen and oxygen atoms in total. The minimum Gasteiger partial charge on any atom is -0.340 e. The summed E-state index contributed by atoms with van der Waals surface area (Å²) in [4.78, 5) is 0. The van der Waals surface area contributed by atoms with Crippen LogP contribution in [-0.4, -0.2) is 4.57 Å². The van der Waals surface area contributed by atoms with Crippen molar-refractivity contribution in [2.75, 3.05) is 0 Å². The maximum Gasteiger partial charge on any atom is 0.101 e. The standard InChI is InChI=1S/C15H14N2/c1-3-9-17-12(2)14(11-16)10-15(17)13-7-5-4-6-8-13/h3-8,10H,1,9H2,2H3. The number of hydrogen-bond donors (Lipinski definition) is 0. The molecule has 2 aromatic rings. The smallest absolute Gasteiger partial charge is 0.101 e. The van der Waals surface area contributed by atoms with Gasteiger partial charge in [-0.05, 0) is 18.6 Å². The molecule has 1 heterocycles. The first-order chi connectivity index (χ1) is 8.27. The molecule has 17 heavy (non-hydrogen) atoms. The molecule has 0 unspecified atom stereocenters. The predicted octanol–water partition coefficient (Wildman–Crippen LogP) is 3.52. The van der Waals surface area contributed by atoms with Gasteiger partial charge in [-0.25, -0.2) is 0 Å². The summed E-state index contributed by atoms with van der Waals surface area (Å²) in [7, 11) is 0. The van der Waals surface area contributed by atoms with Crippen LogP contribution in [0.4, 0.5) is 0 Å². The van der Waals surface area contributed by atoms with E-state index in [1.54, 1.807) is 0 Å². The van der Waals surface area contributed by atoms with Gasteiger partial charge in [-0.3, -0.25) is 0 Å². The van der Waals surface area contributed by atoms with E-state index in [9.17, 15) is 0 Å². The summed E-state index contributed by atoms with van der Waals surface area (Å²) >= 11 is 0. The van der Waals surface area contributed by atoms with Gasteiger partial charge in [0.15, 0.2) is 0 Å². The largest absolute Gasteiger partial charge is 0.340 e. The van der Waals surface area contributed by atoms with Gasteiger partial charge in [-0.2, -0.15) is 5.26 Å². The summed E-state index contributed by atoms with van der Waals surface area (Å²) in [5, 5.41) is 9.08. The zero-order valence-corrected chi connectivity index (χ0v) is 9.85. The van der Waals surface area contributed by atoms with E-state index in [-0.39, 0.29) is 0 Å². The molecule has 0 aliphatic rings. The number of allylic oxidation sites excluding steroid dienone is 1. The van der Waals surface area contributed by atoms with E-state index in [0.29, 0.717) is 0 Å². The van der Waals surface area contributed by atoms with Crippen LogP contribution in [0, 0.1) is 18.3 Å².